The van der Waals surface area contributed by atoms with Crippen LogP contribution in [-0.2, 0) is 4.79 Å². The Hall–Kier alpha value is -0.570. The molecule has 1 aliphatic rings. The fraction of sp³-hybridized carbons (Fsp3) is 0.909. The molecule has 1 atom stereocenters. The second-order valence-electron chi connectivity index (χ2n) is 4.60. The van der Waals surface area contributed by atoms with Gasteiger partial charge in [0.05, 0.1) is 5.60 Å². The maximum Gasteiger partial charge on any atom is 0.216 e. The Morgan fingerprint density at radius 1 is 1.43 bits per heavy atom. The van der Waals surface area contributed by atoms with Gasteiger partial charge in [-0.3, -0.25) is 4.79 Å². The molecular formula is C11H21NO2. The number of rotatable bonds is 3. The first-order valence-electron chi connectivity index (χ1n) is 5.49. The summed E-state index contributed by atoms with van der Waals surface area (Å²) in [6, 6.07) is 0. The van der Waals surface area contributed by atoms with Crippen molar-refractivity contribution in [3.8, 4) is 0 Å². The van der Waals surface area contributed by atoms with Crippen molar-refractivity contribution in [3.63, 3.8) is 0 Å². The molecule has 0 aromatic heterocycles. The second-order valence-corrected chi connectivity index (χ2v) is 4.60. The summed E-state index contributed by atoms with van der Waals surface area (Å²) >= 11 is 0. The highest BCUT2D eigenvalue weighted by Crippen LogP contribution is 2.32. The van der Waals surface area contributed by atoms with Crippen LogP contribution in [0.5, 0.6) is 0 Å². The largest absolute Gasteiger partial charge is 0.388 e. The number of hydrogen-bond donors (Lipinski definition) is 2. The number of amides is 1. The van der Waals surface area contributed by atoms with Gasteiger partial charge in [-0.15, -0.1) is 0 Å². The molecule has 1 aliphatic carbocycles. The third kappa shape index (κ3) is 3.29. The van der Waals surface area contributed by atoms with Gasteiger partial charge in [-0.25, -0.2) is 0 Å². The summed E-state index contributed by atoms with van der Waals surface area (Å²) in [5, 5.41) is 12.9. The lowest BCUT2D eigenvalue weighted by Gasteiger charge is -2.35. The lowest BCUT2D eigenvalue weighted by atomic mass is 9.78. The molecule has 0 radical (unpaired) electrons. The summed E-state index contributed by atoms with van der Waals surface area (Å²) in [6.45, 7) is 3.70. The number of carbonyl (C=O) groups excluding carboxylic acids is 1. The molecule has 1 saturated carbocycles. The number of carbonyl (C=O) groups is 1. The Kier molecular flexibility index (Phi) is 3.93. The van der Waals surface area contributed by atoms with Gasteiger partial charge in [-0.2, -0.15) is 0 Å². The van der Waals surface area contributed by atoms with Crippen molar-refractivity contribution >= 4 is 5.91 Å². The monoisotopic (exact) mass is 199 g/mol. The van der Waals surface area contributed by atoms with E-state index in [9.17, 15) is 9.90 Å². The molecule has 0 spiro atoms. The third-order valence-electron chi connectivity index (χ3n) is 3.18. The van der Waals surface area contributed by atoms with Crippen LogP contribution in [0.15, 0.2) is 0 Å². The summed E-state index contributed by atoms with van der Waals surface area (Å²) in [5.74, 6) is 0.282. The van der Waals surface area contributed by atoms with Crippen molar-refractivity contribution in [3.05, 3.63) is 0 Å². The molecule has 0 aliphatic heterocycles. The minimum absolute atomic E-state index is 0.0684. The van der Waals surface area contributed by atoms with E-state index in [0.29, 0.717) is 12.5 Å². The molecule has 0 aromatic rings. The van der Waals surface area contributed by atoms with E-state index < -0.39 is 5.60 Å². The van der Waals surface area contributed by atoms with Crippen LogP contribution < -0.4 is 5.32 Å². The van der Waals surface area contributed by atoms with Gasteiger partial charge in [-0.05, 0) is 25.7 Å². The number of aliphatic hydroxyl groups is 1. The molecule has 0 unspecified atom stereocenters. The molecule has 82 valence electrons. The Balaban J connectivity index is 2.41. The topological polar surface area (TPSA) is 49.3 Å². The molecule has 0 bridgehead atoms. The van der Waals surface area contributed by atoms with E-state index in [1.165, 1.54) is 26.2 Å². The summed E-state index contributed by atoms with van der Waals surface area (Å²) in [7, 11) is 0. The first kappa shape index (κ1) is 11.5. The van der Waals surface area contributed by atoms with Gasteiger partial charge in [0.15, 0.2) is 0 Å². The van der Waals surface area contributed by atoms with Gasteiger partial charge in [0, 0.05) is 13.5 Å². The van der Waals surface area contributed by atoms with E-state index in [1.807, 2.05) is 6.92 Å². The highest BCUT2D eigenvalue weighted by molar-refractivity contribution is 5.72. The van der Waals surface area contributed by atoms with Crippen molar-refractivity contribution in [2.24, 2.45) is 5.92 Å². The fourth-order valence-electron chi connectivity index (χ4n) is 2.17. The average Bonchev–Trinajstić information content (AvgIpc) is 2.16. The van der Waals surface area contributed by atoms with E-state index in [0.717, 1.165) is 12.8 Å². The van der Waals surface area contributed by atoms with Crippen molar-refractivity contribution in [1.29, 1.82) is 0 Å². The van der Waals surface area contributed by atoms with E-state index >= 15 is 0 Å². The average molecular weight is 199 g/mol. The highest BCUT2D eigenvalue weighted by atomic mass is 16.3. The standard InChI is InChI=1S/C11H21NO2/c1-9(13)12-8-11(2,14)10-6-4-3-5-7-10/h10,14H,3-8H2,1-2H3,(H,12,13)/t11-/m1/s1. The number of hydrogen-bond acceptors (Lipinski definition) is 2. The Morgan fingerprint density at radius 3 is 2.50 bits per heavy atom. The van der Waals surface area contributed by atoms with Crippen LogP contribution in [-0.4, -0.2) is 23.2 Å². The van der Waals surface area contributed by atoms with Gasteiger partial charge < -0.3 is 10.4 Å². The fourth-order valence-corrected chi connectivity index (χ4v) is 2.17. The maximum atomic E-state index is 10.8. The molecule has 2 N–H and O–H groups in total. The van der Waals surface area contributed by atoms with Crippen LogP contribution in [0.25, 0.3) is 0 Å². The second kappa shape index (κ2) is 4.78. The third-order valence-corrected chi connectivity index (χ3v) is 3.18. The van der Waals surface area contributed by atoms with Gasteiger partial charge in [0.1, 0.15) is 0 Å². The Morgan fingerprint density at radius 2 is 2.00 bits per heavy atom. The molecule has 1 fully saturated rings. The van der Waals surface area contributed by atoms with Crippen LogP contribution in [0, 0.1) is 5.92 Å². The van der Waals surface area contributed by atoms with Gasteiger partial charge in [0.2, 0.25) is 5.91 Å². The predicted molar refractivity (Wildman–Crippen MR) is 55.9 cm³/mol. The minimum atomic E-state index is -0.730. The molecule has 0 heterocycles. The molecule has 0 aromatic carbocycles. The lowest BCUT2D eigenvalue weighted by molar-refractivity contribution is -0.120. The zero-order valence-corrected chi connectivity index (χ0v) is 9.18. The first-order valence-corrected chi connectivity index (χ1v) is 5.49. The van der Waals surface area contributed by atoms with E-state index in [2.05, 4.69) is 5.32 Å². The maximum absolute atomic E-state index is 10.8. The van der Waals surface area contributed by atoms with Crippen LogP contribution in [0.2, 0.25) is 0 Å². The van der Waals surface area contributed by atoms with Crippen molar-refractivity contribution in [2.75, 3.05) is 6.54 Å². The molecule has 14 heavy (non-hydrogen) atoms. The smallest absolute Gasteiger partial charge is 0.216 e. The van der Waals surface area contributed by atoms with Crippen molar-refractivity contribution in [2.45, 2.75) is 51.6 Å². The molecule has 3 heteroatoms. The van der Waals surface area contributed by atoms with Crippen LogP contribution in [0.1, 0.15) is 46.0 Å². The van der Waals surface area contributed by atoms with Gasteiger partial charge in [-0.1, -0.05) is 19.3 Å². The Labute approximate surface area is 85.9 Å². The normalized spacial score (nSPS) is 22.8. The molecule has 1 amide bonds. The SMILES string of the molecule is CC(=O)NC[C@@](C)(O)C1CCCCC1. The predicted octanol–water partition coefficient (Wildman–Crippen LogP) is 1.45. The molecular weight excluding hydrogens is 178 g/mol. The van der Waals surface area contributed by atoms with Gasteiger partial charge in [0.25, 0.3) is 0 Å². The van der Waals surface area contributed by atoms with Crippen LogP contribution >= 0.6 is 0 Å². The summed E-state index contributed by atoms with van der Waals surface area (Å²) in [6.07, 6.45) is 5.88. The zero-order valence-electron chi connectivity index (χ0n) is 9.18. The lowest BCUT2D eigenvalue weighted by Crippen LogP contribution is -2.46. The Bertz CT molecular complexity index is 195. The molecule has 1 rings (SSSR count). The summed E-state index contributed by atoms with van der Waals surface area (Å²) in [4.78, 5) is 10.8. The van der Waals surface area contributed by atoms with E-state index in [4.69, 9.17) is 0 Å². The quantitative estimate of drug-likeness (QED) is 0.723. The molecule has 0 saturated heterocycles. The number of nitrogens with one attached hydrogen (secondary N) is 1. The zero-order chi connectivity index (χ0) is 10.6. The van der Waals surface area contributed by atoms with Crippen LogP contribution in [0.4, 0.5) is 0 Å². The van der Waals surface area contributed by atoms with Crippen LogP contribution in [0.3, 0.4) is 0 Å². The minimum Gasteiger partial charge on any atom is -0.388 e. The molecule has 3 nitrogen and oxygen atoms in total. The summed E-state index contributed by atoms with van der Waals surface area (Å²) < 4.78 is 0. The van der Waals surface area contributed by atoms with Crippen molar-refractivity contribution < 1.29 is 9.90 Å². The summed E-state index contributed by atoms with van der Waals surface area (Å²) in [5.41, 5.74) is -0.730. The highest BCUT2D eigenvalue weighted by Gasteiger charge is 2.32. The van der Waals surface area contributed by atoms with E-state index in [-0.39, 0.29) is 5.91 Å². The van der Waals surface area contributed by atoms with E-state index in [1.54, 1.807) is 0 Å². The van der Waals surface area contributed by atoms with Gasteiger partial charge >= 0.3 is 0 Å². The first-order chi connectivity index (χ1) is 6.52. The van der Waals surface area contributed by atoms with Crippen molar-refractivity contribution in [1.82, 2.24) is 5.32 Å².